The van der Waals surface area contributed by atoms with Gasteiger partial charge in [-0.3, -0.25) is 4.90 Å². The SMILES string of the molecule is CC1(NC2CCN(C3CC3)C2)CCS(=O)(=O)C1. The van der Waals surface area contributed by atoms with Crippen LogP contribution in [0.1, 0.15) is 32.6 Å². The maximum Gasteiger partial charge on any atom is 0.152 e. The van der Waals surface area contributed by atoms with Gasteiger partial charge in [-0.05, 0) is 32.6 Å². The van der Waals surface area contributed by atoms with Gasteiger partial charge in [-0.2, -0.15) is 0 Å². The molecule has 1 N–H and O–H groups in total. The van der Waals surface area contributed by atoms with Gasteiger partial charge in [0.05, 0.1) is 11.5 Å². The Morgan fingerprint density at radius 3 is 2.65 bits per heavy atom. The minimum Gasteiger partial charge on any atom is -0.306 e. The van der Waals surface area contributed by atoms with Crippen molar-refractivity contribution in [1.29, 1.82) is 0 Å². The lowest BCUT2D eigenvalue weighted by atomic mass is 10.0. The summed E-state index contributed by atoms with van der Waals surface area (Å²) in [6.45, 7) is 4.36. The molecule has 1 saturated carbocycles. The molecule has 0 aromatic carbocycles. The molecule has 2 saturated heterocycles. The zero-order chi connectivity index (χ0) is 12.1. The van der Waals surface area contributed by atoms with Crippen LogP contribution in [0.5, 0.6) is 0 Å². The molecule has 2 aliphatic heterocycles. The van der Waals surface area contributed by atoms with E-state index in [4.69, 9.17) is 0 Å². The Hall–Kier alpha value is -0.130. The van der Waals surface area contributed by atoms with Crippen LogP contribution in [0.3, 0.4) is 0 Å². The third-order valence-corrected chi connectivity index (χ3v) is 6.24. The standard InChI is InChI=1S/C12H22N2O2S/c1-12(5-7-17(15,16)9-12)13-10-4-6-14(8-10)11-2-3-11/h10-11,13H,2-9H2,1H3. The summed E-state index contributed by atoms with van der Waals surface area (Å²) in [5.41, 5.74) is -0.178. The lowest BCUT2D eigenvalue weighted by Crippen LogP contribution is -2.50. The van der Waals surface area contributed by atoms with E-state index in [2.05, 4.69) is 17.1 Å². The topological polar surface area (TPSA) is 49.4 Å². The monoisotopic (exact) mass is 258 g/mol. The molecule has 0 aromatic heterocycles. The van der Waals surface area contributed by atoms with Gasteiger partial charge in [0.2, 0.25) is 0 Å². The Bertz CT molecular complexity index is 405. The molecule has 3 rings (SSSR count). The van der Waals surface area contributed by atoms with Crippen LogP contribution < -0.4 is 5.32 Å². The Balaban J connectivity index is 1.57. The van der Waals surface area contributed by atoms with Crippen LogP contribution in [0.15, 0.2) is 0 Å². The van der Waals surface area contributed by atoms with E-state index in [1.54, 1.807) is 0 Å². The highest BCUT2D eigenvalue weighted by Crippen LogP contribution is 2.31. The normalized spacial score (nSPS) is 42.1. The first-order valence-electron chi connectivity index (χ1n) is 6.68. The van der Waals surface area contributed by atoms with Gasteiger partial charge in [0.25, 0.3) is 0 Å². The molecule has 98 valence electrons. The van der Waals surface area contributed by atoms with Crippen molar-refractivity contribution < 1.29 is 8.42 Å². The van der Waals surface area contributed by atoms with Crippen molar-refractivity contribution in [2.45, 2.75) is 50.2 Å². The number of rotatable bonds is 3. The van der Waals surface area contributed by atoms with Crippen molar-refractivity contribution >= 4 is 9.84 Å². The molecule has 2 heterocycles. The summed E-state index contributed by atoms with van der Waals surface area (Å²) in [4.78, 5) is 2.56. The summed E-state index contributed by atoms with van der Waals surface area (Å²) in [7, 11) is -2.79. The molecular weight excluding hydrogens is 236 g/mol. The van der Waals surface area contributed by atoms with Crippen molar-refractivity contribution in [3.63, 3.8) is 0 Å². The van der Waals surface area contributed by atoms with E-state index in [1.807, 2.05) is 0 Å². The Kier molecular flexibility index (Phi) is 2.76. The first-order chi connectivity index (χ1) is 7.96. The Morgan fingerprint density at radius 1 is 1.29 bits per heavy atom. The average molecular weight is 258 g/mol. The molecule has 4 nitrogen and oxygen atoms in total. The van der Waals surface area contributed by atoms with Crippen LogP contribution in [0.4, 0.5) is 0 Å². The summed E-state index contributed by atoms with van der Waals surface area (Å²) in [6.07, 6.45) is 4.66. The third-order valence-electron chi connectivity index (χ3n) is 4.34. The van der Waals surface area contributed by atoms with Crippen LogP contribution in [0.25, 0.3) is 0 Å². The molecule has 1 aliphatic carbocycles. The molecule has 0 radical (unpaired) electrons. The summed E-state index contributed by atoms with van der Waals surface area (Å²) in [5, 5.41) is 3.60. The Labute approximate surface area is 104 Å². The van der Waals surface area contributed by atoms with Gasteiger partial charge in [-0.25, -0.2) is 8.42 Å². The number of nitrogens with zero attached hydrogens (tertiary/aromatic N) is 1. The first-order valence-corrected chi connectivity index (χ1v) is 8.50. The van der Waals surface area contributed by atoms with Crippen LogP contribution in [0, 0.1) is 0 Å². The van der Waals surface area contributed by atoms with Crippen LogP contribution in [0.2, 0.25) is 0 Å². The second-order valence-electron chi connectivity index (χ2n) is 6.26. The second kappa shape index (κ2) is 3.93. The van der Waals surface area contributed by atoms with Gasteiger partial charge in [0.1, 0.15) is 0 Å². The molecule has 0 amide bonds. The second-order valence-corrected chi connectivity index (χ2v) is 8.44. The van der Waals surface area contributed by atoms with Crippen LogP contribution >= 0.6 is 0 Å². The minimum atomic E-state index is -2.79. The predicted octanol–water partition coefficient (Wildman–Crippen LogP) is 0.390. The van der Waals surface area contributed by atoms with Gasteiger partial charge < -0.3 is 5.32 Å². The fraction of sp³-hybridized carbons (Fsp3) is 1.00. The lowest BCUT2D eigenvalue weighted by molar-refractivity contribution is 0.294. The lowest BCUT2D eigenvalue weighted by Gasteiger charge is -2.28. The molecule has 0 aromatic rings. The zero-order valence-corrected chi connectivity index (χ0v) is 11.3. The molecule has 0 bridgehead atoms. The number of likely N-dealkylation sites (tertiary alicyclic amines) is 1. The van der Waals surface area contributed by atoms with E-state index in [1.165, 1.54) is 25.8 Å². The van der Waals surface area contributed by atoms with Crippen molar-refractivity contribution in [3.8, 4) is 0 Å². The smallest absolute Gasteiger partial charge is 0.152 e. The first kappa shape index (κ1) is 11.9. The van der Waals surface area contributed by atoms with Gasteiger partial charge in [-0.1, -0.05) is 0 Å². The summed E-state index contributed by atoms with van der Waals surface area (Å²) in [5.74, 6) is 0.676. The quantitative estimate of drug-likeness (QED) is 0.795. The van der Waals surface area contributed by atoms with Crippen molar-refractivity contribution in [3.05, 3.63) is 0 Å². The van der Waals surface area contributed by atoms with Crippen LogP contribution in [-0.4, -0.2) is 55.5 Å². The number of hydrogen-bond acceptors (Lipinski definition) is 4. The molecule has 5 heteroatoms. The molecule has 3 fully saturated rings. The maximum absolute atomic E-state index is 11.6. The number of hydrogen-bond donors (Lipinski definition) is 1. The summed E-state index contributed by atoms with van der Waals surface area (Å²) >= 11 is 0. The third kappa shape index (κ3) is 2.66. The largest absolute Gasteiger partial charge is 0.306 e. The highest BCUT2D eigenvalue weighted by atomic mass is 32.2. The van der Waals surface area contributed by atoms with Crippen molar-refractivity contribution in [1.82, 2.24) is 10.2 Å². The van der Waals surface area contributed by atoms with E-state index in [0.717, 1.165) is 19.0 Å². The summed E-state index contributed by atoms with van der Waals surface area (Å²) in [6, 6.07) is 1.33. The molecule has 2 atom stereocenters. The molecule has 0 spiro atoms. The van der Waals surface area contributed by atoms with Gasteiger partial charge in [-0.15, -0.1) is 0 Å². The highest BCUT2D eigenvalue weighted by Gasteiger charge is 2.42. The molecular formula is C12H22N2O2S. The predicted molar refractivity (Wildman–Crippen MR) is 67.8 cm³/mol. The molecule has 2 unspecified atom stereocenters. The van der Waals surface area contributed by atoms with Crippen molar-refractivity contribution in [2.24, 2.45) is 0 Å². The van der Waals surface area contributed by atoms with E-state index < -0.39 is 9.84 Å². The zero-order valence-electron chi connectivity index (χ0n) is 10.5. The van der Waals surface area contributed by atoms with Gasteiger partial charge in [0.15, 0.2) is 9.84 Å². The Morgan fingerprint density at radius 2 is 2.06 bits per heavy atom. The molecule has 3 aliphatic rings. The fourth-order valence-electron chi connectivity index (χ4n) is 3.29. The van der Waals surface area contributed by atoms with Crippen LogP contribution in [-0.2, 0) is 9.84 Å². The maximum atomic E-state index is 11.6. The van der Waals surface area contributed by atoms with Gasteiger partial charge >= 0.3 is 0 Å². The number of sulfone groups is 1. The summed E-state index contributed by atoms with van der Waals surface area (Å²) < 4.78 is 23.1. The molecule has 17 heavy (non-hydrogen) atoms. The highest BCUT2D eigenvalue weighted by molar-refractivity contribution is 7.91. The minimum absolute atomic E-state index is 0.178. The number of nitrogens with one attached hydrogen (secondary N) is 1. The van der Waals surface area contributed by atoms with E-state index in [-0.39, 0.29) is 5.54 Å². The van der Waals surface area contributed by atoms with Crippen molar-refractivity contribution in [2.75, 3.05) is 24.6 Å². The van der Waals surface area contributed by atoms with E-state index in [9.17, 15) is 8.42 Å². The fourth-order valence-corrected chi connectivity index (χ4v) is 5.40. The van der Waals surface area contributed by atoms with Gasteiger partial charge in [0, 0.05) is 30.7 Å². The average Bonchev–Trinajstić information content (AvgIpc) is 2.91. The van der Waals surface area contributed by atoms with E-state index >= 15 is 0 Å². The van der Waals surface area contributed by atoms with E-state index in [0.29, 0.717) is 17.5 Å².